The first-order valence-electron chi connectivity index (χ1n) is 7.58. The molecule has 0 aromatic heterocycles. The van der Waals surface area contributed by atoms with Crippen LogP contribution in [0.15, 0.2) is 24.3 Å². The van der Waals surface area contributed by atoms with Crippen LogP contribution in [-0.2, 0) is 4.79 Å². The number of hydrogen-bond acceptors (Lipinski definition) is 3. The van der Waals surface area contributed by atoms with Crippen molar-refractivity contribution in [2.75, 3.05) is 37.6 Å². The van der Waals surface area contributed by atoms with E-state index in [0.29, 0.717) is 18.7 Å². The molecule has 22 heavy (non-hydrogen) atoms. The van der Waals surface area contributed by atoms with Gasteiger partial charge in [-0.05, 0) is 37.1 Å². The average molecular weight is 301 g/mol. The molecule has 2 aliphatic heterocycles. The highest BCUT2D eigenvalue weighted by molar-refractivity contribution is 5.98. The molecule has 0 aliphatic carbocycles. The van der Waals surface area contributed by atoms with Gasteiger partial charge in [0.1, 0.15) is 12.8 Å². The predicted octanol–water partition coefficient (Wildman–Crippen LogP) is 1.36. The number of piperazine rings is 1. The van der Waals surface area contributed by atoms with Crippen LogP contribution in [0.5, 0.6) is 0 Å². The van der Waals surface area contributed by atoms with Crippen LogP contribution in [0.2, 0.25) is 0 Å². The Morgan fingerprint density at radius 2 is 1.64 bits per heavy atom. The fourth-order valence-corrected chi connectivity index (χ4v) is 2.95. The SMILES string of the molecule is O=Cc1ccc(N2CCN(C(=O)N3CCCC3)CC2=O)cc1. The summed E-state index contributed by atoms with van der Waals surface area (Å²) in [5.41, 5.74) is 1.35. The lowest BCUT2D eigenvalue weighted by Crippen LogP contribution is -2.55. The van der Waals surface area contributed by atoms with E-state index in [-0.39, 0.29) is 18.5 Å². The maximum absolute atomic E-state index is 12.3. The van der Waals surface area contributed by atoms with Crippen LogP contribution < -0.4 is 4.90 Å². The minimum absolute atomic E-state index is 0.0261. The molecule has 0 unspecified atom stereocenters. The topological polar surface area (TPSA) is 60.9 Å². The van der Waals surface area contributed by atoms with Crippen LogP contribution in [0.3, 0.4) is 0 Å². The third-order valence-corrected chi connectivity index (χ3v) is 4.21. The highest BCUT2D eigenvalue weighted by Crippen LogP contribution is 2.19. The molecule has 6 heteroatoms. The van der Waals surface area contributed by atoms with Gasteiger partial charge in [0.05, 0.1) is 0 Å². The number of rotatable bonds is 2. The third-order valence-electron chi connectivity index (χ3n) is 4.21. The second-order valence-corrected chi connectivity index (χ2v) is 5.65. The Bertz CT molecular complexity index is 579. The molecule has 116 valence electrons. The summed E-state index contributed by atoms with van der Waals surface area (Å²) in [6.45, 7) is 2.72. The Labute approximate surface area is 129 Å². The fraction of sp³-hybridized carbons (Fsp3) is 0.438. The first-order chi connectivity index (χ1) is 10.7. The number of anilines is 1. The van der Waals surface area contributed by atoms with Gasteiger partial charge < -0.3 is 14.7 Å². The van der Waals surface area contributed by atoms with Gasteiger partial charge in [0.15, 0.2) is 0 Å². The zero-order chi connectivity index (χ0) is 15.5. The summed E-state index contributed by atoms with van der Waals surface area (Å²) in [5.74, 6) is -0.0855. The van der Waals surface area contributed by atoms with Gasteiger partial charge in [-0.15, -0.1) is 0 Å². The molecule has 1 aromatic rings. The molecule has 0 saturated carbocycles. The fourth-order valence-electron chi connectivity index (χ4n) is 2.95. The summed E-state index contributed by atoms with van der Waals surface area (Å²) in [6, 6.07) is 6.88. The Morgan fingerprint density at radius 3 is 2.23 bits per heavy atom. The number of hydrogen-bond donors (Lipinski definition) is 0. The van der Waals surface area contributed by atoms with Crippen LogP contribution in [0.25, 0.3) is 0 Å². The second-order valence-electron chi connectivity index (χ2n) is 5.65. The van der Waals surface area contributed by atoms with Gasteiger partial charge in [-0.2, -0.15) is 0 Å². The van der Waals surface area contributed by atoms with Crippen LogP contribution in [-0.4, -0.2) is 60.7 Å². The van der Waals surface area contributed by atoms with Gasteiger partial charge in [0.25, 0.3) is 0 Å². The standard InChI is InChI=1S/C16H19N3O3/c20-12-13-3-5-14(6-4-13)19-10-9-18(11-15(19)21)16(22)17-7-1-2-8-17/h3-6,12H,1-2,7-11H2. The van der Waals surface area contributed by atoms with E-state index in [1.165, 1.54) is 0 Å². The Hall–Kier alpha value is -2.37. The normalized spacial score (nSPS) is 18.7. The summed E-state index contributed by atoms with van der Waals surface area (Å²) >= 11 is 0. The number of benzene rings is 1. The first-order valence-corrected chi connectivity index (χ1v) is 7.58. The molecule has 0 bridgehead atoms. The molecule has 3 rings (SSSR count). The first kappa shape index (κ1) is 14.6. The van der Waals surface area contributed by atoms with Gasteiger partial charge >= 0.3 is 6.03 Å². The average Bonchev–Trinajstić information content (AvgIpc) is 3.09. The molecule has 0 N–H and O–H groups in total. The number of amides is 3. The smallest absolute Gasteiger partial charge is 0.320 e. The minimum atomic E-state index is -0.0855. The molecular formula is C16H19N3O3. The van der Waals surface area contributed by atoms with E-state index in [2.05, 4.69) is 0 Å². The maximum Gasteiger partial charge on any atom is 0.320 e. The van der Waals surface area contributed by atoms with E-state index in [1.807, 2.05) is 4.90 Å². The molecule has 2 fully saturated rings. The van der Waals surface area contributed by atoms with Crippen molar-refractivity contribution in [3.05, 3.63) is 29.8 Å². The van der Waals surface area contributed by atoms with Gasteiger partial charge in [0, 0.05) is 37.4 Å². The van der Waals surface area contributed by atoms with Gasteiger partial charge in [-0.1, -0.05) is 0 Å². The van der Waals surface area contributed by atoms with Crippen molar-refractivity contribution in [3.8, 4) is 0 Å². The zero-order valence-electron chi connectivity index (χ0n) is 12.4. The predicted molar refractivity (Wildman–Crippen MR) is 82.0 cm³/mol. The number of carbonyl (C=O) groups is 3. The van der Waals surface area contributed by atoms with E-state index in [1.54, 1.807) is 34.1 Å². The Balaban J connectivity index is 1.65. The number of aldehydes is 1. The van der Waals surface area contributed by atoms with Crippen molar-refractivity contribution in [3.63, 3.8) is 0 Å². The van der Waals surface area contributed by atoms with Crippen LogP contribution >= 0.6 is 0 Å². The molecule has 2 saturated heterocycles. The number of carbonyl (C=O) groups excluding carboxylic acids is 3. The van der Waals surface area contributed by atoms with Gasteiger partial charge in [-0.25, -0.2) is 4.79 Å². The highest BCUT2D eigenvalue weighted by atomic mass is 16.2. The molecule has 0 atom stereocenters. The number of likely N-dealkylation sites (tertiary alicyclic amines) is 1. The largest absolute Gasteiger partial charge is 0.325 e. The van der Waals surface area contributed by atoms with Crippen molar-refractivity contribution >= 4 is 23.9 Å². The van der Waals surface area contributed by atoms with E-state index in [4.69, 9.17) is 0 Å². The van der Waals surface area contributed by atoms with Crippen molar-refractivity contribution in [2.24, 2.45) is 0 Å². The molecule has 0 radical (unpaired) electrons. The highest BCUT2D eigenvalue weighted by Gasteiger charge is 2.31. The Kier molecular flexibility index (Phi) is 4.09. The van der Waals surface area contributed by atoms with E-state index < -0.39 is 0 Å². The molecule has 6 nitrogen and oxygen atoms in total. The second kappa shape index (κ2) is 6.17. The van der Waals surface area contributed by atoms with Crippen molar-refractivity contribution in [1.82, 2.24) is 9.80 Å². The van der Waals surface area contributed by atoms with Crippen LogP contribution in [0, 0.1) is 0 Å². The van der Waals surface area contributed by atoms with Crippen molar-refractivity contribution in [2.45, 2.75) is 12.8 Å². The summed E-state index contributed by atoms with van der Waals surface area (Å²) in [4.78, 5) is 40.4. The minimum Gasteiger partial charge on any atom is -0.325 e. The monoisotopic (exact) mass is 301 g/mol. The van der Waals surface area contributed by atoms with Crippen molar-refractivity contribution < 1.29 is 14.4 Å². The van der Waals surface area contributed by atoms with E-state index >= 15 is 0 Å². The number of urea groups is 1. The molecule has 3 amide bonds. The quantitative estimate of drug-likeness (QED) is 0.775. The molecule has 2 aliphatic rings. The lowest BCUT2D eigenvalue weighted by molar-refractivity contribution is -0.120. The molecule has 1 aromatic carbocycles. The Morgan fingerprint density at radius 1 is 0.955 bits per heavy atom. The lowest BCUT2D eigenvalue weighted by Gasteiger charge is -2.36. The van der Waals surface area contributed by atoms with Crippen molar-refractivity contribution in [1.29, 1.82) is 0 Å². The van der Waals surface area contributed by atoms with E-state index in [0.717, 1.165) is 37.9 Å². The molecular weight excluding hydrogens is 282 g/mol. The number of nitrogens with zero attached hydrogens (tertiary/aromatic N) is 3. The lowest BCUT2D eigenvalue weighted by atomic mass is 10.2. The molecule has 2 heterocycles. The van der Waals surface area contributed by atoms with Gasteiger partial charge in [0.2, 0.25) is 5.91 Å². The maximum atomic E-state index is 12.3. The summed E-state index contributed by atoms with van der Waals surface area (Å²) in [5, 5.41) is 0. The van der Waals surface area contributed by atoms with E-state index in [9.17, 15) is 14.4 Å². The third kappa shape index (κ3) is 2.81. The van der Waals surface area contributed by atoms with Crippen LogP contribution in [0.1, 0.15) is 23.2 Å². The van der Waals surface area contributed by atoms with Gasteiger partial charge in [-0.3, -0.25) is 9.59 Å². The van der Waals surface area contributed by atoms with Crippen LogP contribution in [0.4, 0.5) is 10.5 Å². The summed E-state index contributed by atoms with van der Waals surface area (Å²) < 4.78 is 0. The molecule has 0 spiro atoms. The zero-order valence-corrected chi connectivity index (χ0v) is 12.4. The summed E-state index contributed by atoms with van der Waals surface area (Å²) in [7, 11) is 0. The summed E-state index contributed by atoms with van der Waals surface area (Å²) in [6.07, 6.45) is 2.86.